The maximum Gasteiger partial charge on any atom is 0.0594 e. The van der Waals surface area contributed by atoms with Crippen molar-refractivity contribution in [1.29, 1.82) is 0 Å². The van der Waals surface area contributed by atoms with E-state index in [1.807, 2.05) is 6.07 Å². The maximum absolute atomic E-state index is 6.22. The van der Waals surface area contributed by atoms with Crippen molar-refractivity contribution in [1.82, 2.24) is 14.8 Å². The van der Waals surface area contributed by atoms with Crippen LogP contribution in [0.25, 0.3) is 10.9 Å². The lowest BCUT2D eigenvalue weighted by atomic mass is 9.98. The van der Waals surface area contributed by atoms with E-state index in [4.69, 9.17) is 16.3 Å². The van der Waals surface area contributed by atoms with Crippen molar-refractivity contribution in [2.45, 2.75) is 32.4 Å². The highest BCUT2D eigenvalue weighted by molar-refractivity contribution is 6.31. The lowest BCUT2D eigenvalue weighted by Crippen LogP contribution is -2.55. The third kappa shape index (κ3) is 3.08. The molecule has 4 rings (SSSR count). The van der Waals surface area contributed by atoms with Crippen LogP contribution in [0.1, 0.15) is 25.1 Å². The zero-order chi connectivity index (χ0) is 16.7. The zero-order valence-electron chi connectivity index (χ0n) is 14.6. The fourth-order valence-corrected chi connectivity index (χ4v) is 4.37. The molecular formula is C19H26ClN3O. The zero-order valence-corrected chi connectivity index (χ0v) is 15.3. The van der Waals surface area contributed by atoms with Gasteiger partial charge in [-0.05, 0) is 37.6 Å². The predicted octanol–water partition coefficient (Wildman–Crippen LogP) is 3.29. The molecule has 0 aliphatic carbocycles. The number of H-pyrrole nitrogens is 1. The van der Waals surface area contributed by atoms with Crippen LogP contribution in [0.2, 0.25) is 5.02 Å². The first-order valence-corrected chi connectivity index (χ1v) is 9.25. The molecule has 0 atom stereocenters. The molecule has 0 spiro atoms. The predicted molar refractivity (Wildman–Crippen MR) is 98.8 cm³/mol. The van der Waals surface area contributed by atoms with E-state index in [1.165, 1.54) is 22.2 Å². The number of nitrogens with zero attached hydrogens (tertiary/aromatic N) is 2. The molecule has 3 heterocycles. The van der Waals surface area contributed by atoms with E-state index < -0.39 is 0 Å². The minimum atomic E-state index is 0.172. The highest BCUT2D eigenvalue weighted by Crippen LogP contribution is 2.31. The first-order valence-electron chi connectivity index (χ1n) is 8.87. The molecule has 1 saturated heterocycles. The summed E-state index contributed by atoms with van der Waals surface area (Å²) in [5, 5.41) is 2.10. The van der Waals surface area contributed by atoms with Crippen LogP contribution in [-0.4, -0.2) is 59.7 Å². The monoisotopic (exact) mass is 347 g/mol. The van der Waals surface area contributed by atoms with E-state index in [0.29, 0.717) is 0 Å². The number of nitrogens with one attached hydrogen (secondary N) is 1. The first kappa shape index (κ1) is 16.4. The van der Waals surface area contributed by atoms with Gasteiger partial charge in [0.15, 0.2) is 0 Å². The maximum atomic E-state index is 6.22. The molecule has 0 bridgehead atoms. The van der Waals surface area contributed by atoms with Crippen LogP contribution in [0.5, 0.6) is 0 Å². The number of ether oxygens (including phenoxy) is 1. The summed E-state index contributed by atoms with van der Waals surface area (Å²) in [6.07, 6.45) is 1.08. The Kier molecular flexibility index (Phi) is 4.33. The van der Waals surface area contributed by atoms with Gasteiger partial charge in [0, 0.05) is 66.3 Å². The lowest BCUT2D eigenvalue weighted by molar-refractivity contribution is -0.0230. The van der Waals surface area contributed by atoms with Gasteiger partial charge in [-0.25, -0.2) is 0 Å². The Morgan fingerprint density at radius 1 is 1.21 bits per heavy atom. The van der Waals surface area contributed by atoms with E-state index in [2.05, 4.69) is 40.8 Å². The summed E-state index contributed by atoms with van der Waals surface area (Å²) >= 11 is 6.22. The molecule has 1 aromatic heterocycles. The quantitative estimate of drug-likeness (QED) is 0.924. The molecule has 2 aliphatic heterocycles. The smallest absolute Gasteiger partial charge is 0.0594 e. The van der Waals surface area contributed by atoms with Gasteiger partial charge in [0.05, 0.1) is 13.2 Å². The van der Waals surface area contributed by atoms with Crippen molar-refractivity contribution in [3.63, 3.8) is 0 Å². The summed E-state index contributed by atoms with van der Waals surface area (Å²) in [4.78, 5) is 8.73. The van der Waals surface area contributed by atoms with Crippen LogP contribution in [0, 0.1) is 0 Å². The standard InChI is InChI=1S/C19H26ClN3O/c1-19(2,23-7-9-24-10-8-23)13-22-6-5-18-16(12-22)15-11-14(20)3-4-17(15)21-18/h3-4,11,21H,5-10,12-13H2,1-2H3. The average molecular weight is 348 g/mol. The van der Waals surface area contributed by atoms with Crippen LogP contribution < -0.4 is 0 Å². The fraction of sp³-hybridized carbons (Fsp3) is 0.579. The SMILES string of the molecule is CC(C)(CN1CCc2[nH]c3ccc(Cl)cc3c2C1)N1CCOCC1. The van der Waals surface area contributed by atoms with Crippen molar-refractivity contribution in [2.75, 3.05) is 39.4 Å². The minimum Gasteiger partial charge on any atom is -0.379 e. The van der Waals surface area contributed by atoms with E-state index in [-0.39, 0.29) is 5.54 Å². The number of halogens is 1. The first-order chi connectivity index (χ1) is 11.5. The Bertz CT molecular complexity index is 734. The molecule has 0 saturated carbocycles. The second-order valence-electron chi connectivity index (χ2n) is 7.64. The second-order valence-corrected chi connectivity index (χ2v) is 8.08. The summed E-state index contributed by atoms with van der Waals surface area (Å²) in [6, 6.07) is 6.16. The lowest BCUT2D eigenvalue weighted by Gasteiger charge is -2.44. The second kappa shape index (κ2) is 6.34. The number of morpholine rings is 1. The molecule has 5 heteroatoms. The van der Waals surface area contributed by atoms with Gasteiger partial charge in [0.1, 0.15) is 0 Å². The van der Waals surface area contributed by atoms with Crippen LogP contribution in [0.3, 0.4) is 0 Å². The highest BCUT2D eigenvalue weighted by atomic mass is 35.5. The third-order valence-electron chi connectivity index (χ3n) is 5.49. The molecule has 24 heavy (non-hydrogen) atoms. The molecule has 1 N–H and O–H groups in total. The number of benzene rings is 1. The number of rotatable bonds is 3. The number of aromatic nitrogens is 1. The molecule has 0 unspecified atom stereocenters. The van der Waals surface area contributed by atoms with Crippen molar-refractivity contribution in [2.24, 2.45) is 0 Å². The van der Waals surface area contributed by atoms with Gasteiger partial charge in [-0.1, -0.05) is 11.6 Å². The van der Waals surface area contributed by atoms with Crippen LogP contribution in [0.15, 0.2) is 18.2 Å². The van der Waals surface area contributed by atoms with Crippen molar-refractivity contribution < 1.29 is 4.74 Å². The number of fused-ring (bicyclic) bond motifs is 3. The fourth-order valence-electron chi connectivity index (χ4n) is 4.19. The molecule has 1 aromatic carbocycles. The molecule has 0 radical (unpaired) electrons. The van der Waals surface area contributed by atoms with E-state index in [0.717, 1.165) is 57.4 Å². The van der Waals surface area contributed by atoms with Crippen molar-refractivity contribution >= 4 is 22.5 Å². The van der Waals surface area contributed by atoms with E-state index in [9.17, 15) is 0 Å². The van der Waals surface area contributed by atoms with Crippen molar-refractivity contribution in [3.05, 3.63) is 34.5 Å². The summed E-state index contributed by atoms with van der Waals surface area (Å²) in [6.45, 7) is 11.7. The molecule has 4 nitrogen and oxygen atoms in total. The number of hydrogen-bond donors (Lipinski definition) is 1. The van der Waals surface area contributed by atoms with Gasteiger partial charge in [-0.2, -0.15) is 0 Å². The Morgan fingerprint density at radius 3 is 2.79 bits per heavy atom. The van der Waals surface area contributed by atoms with Gasteiger partial charge >= 0.3 is 0 Å². The molecular weight excluding hydrogens is 322 g/mol. The largest absolute Gasteiger partial charge is 0.379 e. The molecule has 0 amide bonds. The van der Waals surface area contributed by atoms with E-state index >= 15 is 0 Å². The Balaban J connectivity index is 1.53. The Morgan fingerprint density at radius 2 is 2.00 bits per heavy atom. The van der Waals surface area contributed by atoms with Crippen LogP contribution >= 0.6 is 11.6 Å². The number of aromatic amines is 1. The summed E-state index contributed by atoms with van der Waals surface area (Å²) in [5.74, 6) is 0. The normalized spacial score (nSPS) is 20.5. The van der Waals surface area contributed by atoms with Gasteiger partial charge in [0.2, 0.25) is 0 Å². The Hall–Kier alpha value is -1.07. The van der Waals surface area contributed by atoms with Gasteiger partial charge in [-0.3, -0.25) is 9.80 Å². The highest BCUT2D eigenvalue weighted by Gasteiger charge is 2.32. The molecule has 130 valence electrons. The Labute approximate surface area is 148 Å². The van der Waals surface area contributed by atoms with Crippen LogP contribution in [-0.2, 0) is 17.7 Å². The summed E-state index contributed by atoms with van der Waals surface area (Å²) in [7, 11) is 0. The molecule has 2 aromatic rings. The average Bonchev–Trinajstić information content (AvgIpc) is 2.93. The van der Waals surface area contributed by atoms with E-state index in [1.54, 1.807) is 0 Å². The summed E-state index contributed by atoms with van der Waals surface area (Å²) < 4.78 is 5.51. The van der Waals surface area contributed by atoms with Gasteiger partial charge in [0.25, 0.3) is 0 Å². The van der Waals surface area contributed by atoms with Crippen molar-refractivity contribution in [3.8, 4) is 0 Å². The molecule has 2 aliphatic rings. The number of hydrogen-bond acceptors (Lipinski definition) is 3. The third-order valence-corrected chi connectivity index (χ3v) is 5.73. The molecule has 1 fully saturated rings. The topological polar surface area (TPSA) is 31.5 Å². The van der Waals surface area contributed by atoms with Gasteiger partial charge in [-0.15, -0.1) is 0 Å². The minimum absolute atomic E-state index is 0.172. The summed E-state index contributed by atoms with van der Waals surface area (Å²) in [5.41, 5.74) is 4.19. The van der Waals surface area contributed by atoms with Gasteiger partial charge < -0.3 is 9.72 Å². The van der Waals surface area contributed by atoms with Crippen LogP contribution in [0.4, 0.5) is 0 Å².